The molecule has 3 fully saturated rings. The number of benzene rings is 1. The van der Waals surface area contributed by atoms with Crippen LogP contribution in [0, 0.1) is 17.7 Å². The molecule has 0 spiro atoms. The van der Waals surface area contributed by atoms with Gasteiger partial charge in [-0.2, -0.15) is 5.10 Å². The standard InChI is InChI=1S/C32H42FN3O4/c1-2-39-32(38)40-30-23-16-15-21(19-23)27(30)34-31(37)28-26-14-7-6-10-22(17-20-9-8-11-24(33)18-20)29(26)36(35-28)25-12-4-3-5-13-25/h8-9,11,18,21-23,25,27,30H,2-7,10,12-17,19H2,1H3,(H,34,37)/t21?,22?,23?,27-,30+/m0/s1. The highest BCUT2D eigenvalue weighted by molar-refractivity contribution is 5.94. The van der Waals surface area contributed by atoms with E-state index in [2.05, 4.69) is 10.00 Å². The lowest BCUT2D eigenvalue weighted by Crippen LogP contribution is -2.49. The van der Waals surface area contributed by atoms with Crippen LogP contribution in [0.15, 0.2) is 24.3 Å². The molecule has 2 aromatic rings. The molecule has 2 bridgehead atoms. The van der Waals surface area contributed by atoms with Gasteiger partial charge in [0.2, 0.25) is 0 Å². The molecule has 6 rings (SSSR count). The molecule has 216 valence electrons. The Morgan fingerprint density at radius 2 is 1.85 bits per heavy atom. The number of hydrogen-bond acceptors (Lipinski definition) is 5. The average Bonchev–Trinajstić information content (AvgIpc) is 3.62. The van der Waals surface area contributed by atoms with Crippen LogP contribution in [0.4, 0.5) is 9.18 Å². The second-order valence-corrected chi connectivity index (χ2v) is 12.3. The van der Waals surface area contributed by atoms with Crippen LogP contribution in [0.5, 0.6) is 0 Å². The third kappa shape index (κ3) is 5.51. The number of nitrogens with zero attached hydrogens (tertiary/aromatic N) is 2. The van der Waals surface area contributed by atoms with E-state index >= 15 is 0 Å². The summed E-state index contributed by atoms with van der Waals surface area (Å²) in [6.07, 6.45) is 12.4. The van der Waals surface area contributed by atoms with Crippen LogP contribution in [0.2, 0.25) is 0 Å². The smallest absolute Gasteiger partial charge is 0.435 e. The Bertz CT molecular complexity index is 1220. The molecule has 0 aliphatic heterocycles. The van der Waals surface area contributed by atoms with Crippen molar-refractivity contribution in [2.24, 2.45) is 11.8 Å². The number of halogens is 1. The second kappa shape index (κ2) is 11.9. The fourth-order valence-corrected chi connectivity index (χ4v) is 8.02. The number of rotatable bonds is 7. The van der Waals surface area contributed by atoms with Gasteiger partial charge < -0.3 is 14.8 Å². The van der Waals surface area contributed by atoms with Gasteiger partial charge >= 0.3 is 6.16 Å². The summed E-state index contributed by atoms with van der Waals surface area (Å²) in [6.45, 7) is 2.02. The van der Waals surface area contributed by atoms with Crippen LogP contribution in [0.3, 0.4) is 0 Å². The van der Waals surface area contributed by atoms with Gasteiger partial charge in [-0.3, -0.25) is 9.48 Å². The molecule has 3 saturated carbocycles. The average molecular weight is 552 g/mol. The zero-order valence-electron chi connectivity index (χ0n) is 23.6. The highest BCUT2D eigenvalue weighted by Gasteiger charge is 2.51. The fourth-order valence-electron chi connectivity index (χ4n) is 8.02. The van der Waals surface area contributed by atoms with Crippen LogP contribution < -0.4 is 5.32 Å². The Hall–Kier alpha value is -2.90. The molecule has 1 aromatic heterocycles. The third-order valence-corrected chi connectivity index (χ3v) is 9.80. The van der Waals surface area contributed by atoms with Gasteiger partial charge in [0, 0.05) is 17.2 Å². The maximum Gasteiger partial charge on any atom is 0.508 e. The van der Waals surface area contributed by atoms with Gasteiger partial charge in [-0.05, 0) is 94.2 Å². The summed E-state index contributed by atoms with van der Waals surface area (Å²) in [5.74, 6) is 0.378. The van der Waals surface area contributed by atoms with E-state index in [9.17, 15) is 14.0 Å². The van der Waals surface area contributed by atoms with Crippen molar-refractivity contribution in [1.29, 1.82) is 0 Å². The summed E-state index contributed by atoms with van der Waals surface area (Å²) in [6, 6.07) is 6.98. The summed E-state index contributed by atoms with van der Waals surface area (Å²) in [7, 11) is 0. The summed E-state index contributed by atoms with van der Waals surface area (Å²) in [5, 5.41) is 8.37. The number of carbonyl (C=O) groups excluding carboxylic acids is 2. The summed E-state index contributed by atoms with van der Waals surface area (Å²) >= 11 is 0. The molecule has 0 radical (unpaired) electrons. The molecule has 40 heavy (non-hydrogen) atoms. The van der Waals surface area contributed by atoms with Gasteiger partial charge in [0.25, 0.3) is 5.91 Å². The van der Waals surface area contributed by atoms with Crippen LogP contribution >= 0.6 is 0 Å². The quantitative estimate of drug-likeness (QED) is 0.308. The van der Waals surface area contributed by atoms with Crippen molar-refractivity contribution >= 4 is 12.1 Å². The molecular formula is C32H42FN3O4. The van der Waals surface area contributed by atoms with E-state index in [0.717, 1.165) is 75.3 Å². The topological polar surface area (TPSA) is 82.4 Å². The minimum Gasteiger partial charge on any atom is -0.435 e. The maximum absolute atomic E-state index is 14.1. The number of amides is 1. The lowest BCUT2D eigenvalue weighted by molar-refractivity contribution is -0.00578. The Labute approximate surface area is 236 Å². The number of carbonyl (C=O) groups is 2. The lowest BCUT2D eigenvalue weighted by atomic mass is 9.89. The zero-order valence-corrected chi connectivity index (χ0v) is 23.6. The molecular weight excluding hydrogens is 509 g/mol. The molecule has 4 aliphatic rings. The van der Waals surface area contributed by atoms with Crippen LogP contribution in [0.1, 0.15) is 117 Å². The van der Waals surface area contributed by atoms with E-state index < -0.39 is 6.16 Å². The normalized spacial score (nSPS) is 28.1. The van der Waals surface area contributed by atoms with E-state index in [4.69, 9.17) is 14.6 Å². The van der Waals surface area contributed by atoms with E-state index in [-0.39, 0.29) is 42.3 Å². The third-order valence-electron chi connectivity index (χ3n) is 9.80. The first-order valence-electron chi connectivity index (χ1n) is 15.5. The van der Waals surface area contributed by atoms with Gasteiger partial charge in [-0.25, -0.2) is 9.18 Å². The molecule has 1 heterocycles. The molecule has 8 heteroatoms. The van der Waals surface area contributed by atoms with Crippen LogP contribution in [0.25, 0.3) is 0 Å². The van der Waals surface area contributed by atoms with Gasteiger partial charge in [0.1, 0.15) is 11.9 Å². The number of ether oxygens (including phenoxy) is 2. The fraction of sp³-hybridized carbons (Fsp3) is 0.656. The predicted octanol–water partition coefficient (Wildman–Crippen LogP) is 6.65. The van der Waals surface area contributed by atoms with Crippen molar-refractivity contribution in [3.8, 4) is 0 Å². The highest BCUT2D eigenvalue weighted by atomic mass is 19.1. The van der Waals surface area contributed by atoms with Crippen molar-refractivity contribution in [3.63, 3.8) is 0 Å². The molecule has 7 nitrogen and oxygen atoms in total. The Morgan fingerprint density at radius 3 is 2.65 bits per heavy atom. The maximum atomic E-state index is 14.1. The largest absolute Gasteiger partial charge is 0.508 e. The lowest BCUT2D eigenvalue weighted by Gasteiger charge is -2.30. The van der Waals surface area contributed by atoms with Gasteiger partial charge in [0.05, 0.1) is 18.7 Å². The van der Waals surface area contributed by atoms with Crippen LogP contribution in [-0.4, -0.2) is 40.6 Å². The van der Waals surface area contributed by atoms with Crippen LogP contribution in [-0.2, 0) is 22.3 Å². The van der Waals surface area contributed by atoms with Gasteiger partial charge in [0.15, 0.2) is 5.69 Å². The van der Waals surface area contributed by atoms with Gasteiger partial charge in [-0.15, -0.1) is 0 Å². The molecule has 1 N–H and O–H groups in total. The molecule has 3 unspecified atom stereocenters. The predicted molar refractivity (Wildman–Crippen MR) is 149 cm³/mol. The summed E-state index contributed by atoms with van der Waals surface area (Å²) < 4.78 is 27.1. The first-order chi connectivity index (χ1) is 19.5. The van der Waals surface area contributed by atoms with Crippen molar-refractivity contribution in [3.05, 3.63) is 52.6 Å². The number of nitrogens with one attached hydrogen (secondary N) is 1. The zero-order chi connectivity index (χ0) is 27.6. The van der Waals surface area contributed by atoms with Crippen molar-refractivity contribution < 1.29 is 23.5 Å². The number of aromatic nitrogens is 2. The van der Waals surface area contributed by atoms with E-state index in [0.29, 0.717) is 17.7 Å². The Morgan fingerprint density at radius 1 is 1.05 bits per heavy atom. The van der Waals surface area contributed by atoms with Crippen molar-refractivity contribution in [2.45, 2.75) is 114 Å². The highest BCUT2D eigenvalue weighted by Crippen LogP contribution is 2.47. The van der Waals surface area contributed by atoms with Gasteiger partial charge in [-0.1, -0.05) is 37.8 Å². The number of fused-ring (bicyclic) bond motifs is 3. The monoisotopic (exact) mass is 551 g/mol. The minimum atomic E-state index is -0.657. The van der Waals surface area contributed by atoms with Crippen molar-refractivity contribution in [1.82, 2.24) is 15.1 Å². The number of hydrogen-bond donors (Lipinski definition) is 1. The Balaban J connectivity index is 1.31. The molecule has 5 atom stereocenters. The Kier molecular flexibility index (Phi) is 8.12. The van der Waals surface area contributed by atoms with E-state index in [1.807, 2.05) is 6.07 Å². The molecule has 4 aliphatic carbocycles. The van der Waals surface area contributed by atoms with Crippen molar-refractivity contribution in [2.75, 3.05) is 6.61 Å². The molecule has 1 amide bonds. The summed E-state index contributed by atoms with van der Waals surface area (Å²) in [4.78, 5) is 26.2. The van der Waals surface area contributed by atoms with E-state index in [1.54, 1.807) is 19.1 Å². The van der Waals surface area contributed by atoms with E-state index in [1.165, 1.54) is 31.0 Å². The second-order valence-electron chi connectivity index (χ2n) is 12.3. The first-order valence-corrected chi connectivity index (χ1v) is 15.5. The SMILES string of the molecule is CCOC(=O)O[C@@H]1C2CCC(C2)[C@@H]1NC(=O)c1nn(C2CCCCC2)c2c1CCCCC2Cc1cccc(F)c1. The minimum absolute atomic E-state index is 0.160. The molecule has 0 saturated heterocycles. The molecule has 1 aromatic carbocycles. The first kappa shape index (κ1) is 27.3. The summed E-state index contributed by atoms with van der Waals surface area (Å²) in [5.41, 5.74) is 3.77.